The van der Waals surface area contributed by atoms with Crippen LogP contribution in [0.2, 0.25) is 0 Å². The molecule has 0 amide bonds. The molecule has 2 heterocycles. The molecule has 0 fully saturated rings. The van der Waals surface area contributed by atoms with Crippen LogP contribution in [-0.4, -0.2) is 19.3 Å². The molecule has 0 aliphatic heterocycles. The summed E-state index contributed by atoms with van der Waals surface area (Å²) < 4.78 is 3.81. The quantitative estimate of drug-likeness (QED) is 0.788. The van der Waals surface area contributed by atoms with Gasteiger partial charge in [-0.25, -0.2) is 4.98 Å². The average Bonchev–Trinajstić information content (AvgIpc) is 2.77. The van der Waals surface area contributed by atoms with Crippen LogP contribution in [0, 0.1) is 0 Å². The molecule has 5 nitrogen and oxygen atoms in total. The van der Waals surface area contributed by atoms with Gasteiger partial charge in [0.15, 0.2) is 0 Å². The van der Waals surface area contributed by atoms with E-state index in [2.05, 4.69) is 15.4 Å². The van der Waals surface area contributed by atoms with E-state index in [1.54, 1.807) is 11.0 Å². The molecule has 0 saturated carbocycles. The second-order valence-electron chi connectivity index (χ2n) is 3.58. The van der Waals surface area contributed by atoms with Crippen molar-refractivity contribution in [2.24, 2.45) is 14.1 Å². The number of aromatic nitrogens is 4. The lowest BCUT2D eigenvalue weighted by molar-refractivity contribution is 0.632. The third-order valence-corrected chi connectivity index (χ3v) is 2.30. The minimum atomic E-state index is 0.784. The van der Waals surface area contributed by atoms with Crippen LogP contribution in [0.4, 0.5) is 0 Å². The maximum absolute atomic E-state index is 4.28. The van der Waals surface area contributed by atoms with Gasteiger partial charge in [-0.2, -0.15) is 5.10 Å². The van der Waals surface area contributed by atoms with Crippen LogP contribution in [0.1, 0.15) is 11.4 Å². The summed E-state index contributed by atoms with van der Waals surface area (Å²) in [4.78, 5) is 4.05. The van der Waals surface area contributed by atoms with Crippen molar-refractivity contribution in [3.63, 3.8) is 0 Å². The van der Waals surface area contributed by atoms with Gasteiger partial charge in [-0.15, -0.1) is 0 Å². The van der Waals surface area contributed by atoms with E-state index in [0.717, 1.165) is 18.8 Å². The fraction of sp³-hybridized carbons (Fsp3) is 0.400. The minimum absolute atomic E-state index is 0.784. The highest BCUT2D eigenvalue weighted by Gasteiger charge is 1.99. The van der Waals surface area contributed by atoms with Crippen molar-refractivity contribution in [1.29, 1.82) is 0 Å². The highest BCUT2D eigenvalue weighted by atomic mass is 15.3. The lowest BCUT2D eigenvalue weighted by Crippen LogP contribution is -2.15. The Hall–Kier alpha value is -1.62. The van der Waals surface area contributed by atoms with E-state index < -0.39 is 0 Å². The van der Waals surface area contributed by atoms with Gasteiger partial charge in [0.1, 0.15) is 0 Å². The molecule has 0 spiro atoms. The Bertz CT molecular complexity index is 428. The first-order chi connectivity index (χ1) is 7.25. The number of hydrogen-bond donors (Lipinski definition) is 1. The third-order valence-electron chi connectivity index (χ3n) is 2.30. The van der Waals surface area contributed by atoms with E-state index in [1.165, 1.54) is 5.69 Å². The second-order valence-corrected chi connectivity index (χ2v) is 3.58. The molecule has 80 valence electrons. The van der Waals surface area contributed by atoms with Gasteiger partial charge < -0.3 is 9.88 Å². The monoisotopic (exact) mass is 205 g/mol. The van der Waals surface area contributed by atoms with E-state index in [-0.39, 0.29) is 0 Å². The molecule has 0 aliphatic carbocycles. The lowest BCUT2D eigenvalue weighted by Gasteiger charge is -2.03. The molecule has 2 aromatic rings. The number of nitrogens with zero attached hydrogens (tertiary/aromatic N) is 4. The molecule has 0 saturated heterocycles. The topological polar surface area (TPSA) is 47.7 Å². The summed E-state index contributed by atoms with van der Waals surface area (Å²) in [6, 6.07) is 2.01. The normalized spacial score (nSPS) is 10.8. The predicted molar refractivity (Wildman–Crippen MR) is 57.0 cm³/mol. The molecule has 0 atom stereocenters. The largest absolute Gasteiger partial charge is 0.337 e. The number of rotatable bonds is 4. The number of imidazole rings is 1. The molecular formula is C10H15N5. The Kier molecular flexibility index (Phi) is 2.82. The Labute approximate surface area is 88.7 Å². The van der Waals surface area contributed by atoms with Crippen molar-refractivity contribution in [3.05, 3.63) is 36.2 Å². The number of nitrogens with one attached hydrogen (secondary N) is 1. The summed E-state index contributed by atoms with van der Waals surface area (Å²) in [7, 11) is 3.91. The molecule has 0 aromatic carbocycles. The smallest absolute Gasteiger partial charge is 0.0945 e. The van der Waals surface area contributed by atoms with Gasteiger partial charge in [-0.1, -0.05) is 0 Å². The fourth-order valence-corrected chi connectivity index (χ4v) is 1.43. The van der Waals surface area contributed by atoms with Crippen molar-refractivity contribution in [3.8, 4) is 0 Å². The van der Waals surface area contributed by atoms with Gasteiger partial charge in [0.25, 0.3) is 0 Å². The predicted octanol–water partition coefficient (Wildman–Crippen LogP) is 0.443. The Morgan fingerprint density at radius 1 is 1.33 bits per heavy atom. The van der Waals surface area contributed by atoms with Gasteiger partial charge in [0, 0.05) is 39.6 Å². The van der Waals surface area contributed by atoms with Crippen LogP contribution >= 0.6 is 0 Å². The van der Waals surface area contributed by atoms with Crippen molar-refractivity contribution >= 4 is 0 Å². The first-order valence-corrected chi connectivity index (χ1v) is 4.90. The molecule has 2 aromatic heterocycles. The first kappa shape index (κ1) is 9.92. The molecule has 0 unspecified atom stereocenters. The van der Waals surface area contributed by atoms with E-state index >= 15 is 0 Å². The third kappa shape index (κ3) is 2.44. The van der Waals surface area contributed by atoms with Crippen molar-refractivity contribution < 1.29 is 0 Å². The zero-order chi connectivity index (χ0) is 10.7. The highest BCUT2D eigenvalue weighted by Crippen LogP contribution is 1.97. The van der Waals surface area contributed by atoms with Crippen LogP contribution < -0.4 is 5.32 Å². The Morgan fingerprint density at radius 3 is 2.80 bits per heavy atom. The van der Waals surface area contributed by atoms with E-state index in [0.29, 0.717) is 0 Å². The van der Waals surface area contributed by atoms with Crippen molar-refractivity contribution in [1.82, 2.24) is 24.6 Å². The van der Waals surface area contributed by atoms with Gasteiger partial charge in [-0.05, 0) is 6.07 Å². The van der Waals surface area contributed by atoms with E-state index in [1.807, 2.05) is 37.1 Å². The van der Waals surface area contributed by atoms with Gasteiger partial charge in [0.05, 0.1) is 17.7 Å². The van der Waals surface area contributed by atoms with E-state index in [9.17, 15) is 0 Å². The van der Waals surface area contributed by atoms with Crippen LogP contribution in [0.5, 0.6) is 0 Å². The van der Waals surface area contributed by atoms with E-state index in [4.69, 9.17) is 0 Å². The molecule has 15 heavy (non-hydrogen) atoms. The molecule has 0 bridgehead atoms. The number of hydrogen-bond acceptors (Lipinski definition) is 3. The summed E-state index contributed by atoms with van der Waals surface area (Å²) in [5.41, 5.74) is 2.23. The number of aryl methyl sites for hydroxylation is 2. The standard InChI is InChI=1S/C10H15N5/c1-14-8-12-7-10(14)6-11-5-9-3-4-15(2)13-9/h3-4,7-8,11H,5-6H2,1-2H3. The van der Waals surface area contributed by atoms with Crippen LogP contribution in [0.15, 0.2) is 24.8 Å². The van der Waals surface area contributed by atoms with Crippen molar-refractivity contribution in [2.75, 3.05) is 0 Å². The first-order valence-electron chi connectivity index (χ1n) is 4.90. The molecule has 0 aliphatic rings. The van der Waals surface area contributed by atoms with Crippen LogP contribution in [0.25, 0.3) is 0 Å². The molecule has 0 radical (unpaired) electrons. The van der Waals surface area contributed by atoms with Crippen LogP contribution in [0.3, 0.4) is 0 Å². The molecule has 5 heteroatoms. The maximum Gasteiger partial charge on any atom is 0.0945 e. The Balaban J connectivity index is 1.83. The summed E-state index contributed by atoms with van der Waals surface area (Å²) in [6.45, 7) is 1.60. The SMILES string of the molecule is Cn1ccc(CNCc2cncn2C)n1. The maximum atomic E-state index is 4.28. The molecule has 2 rings (SSSR count). The lowest BCUT2D eigenvalue weighted by atomic mass is 10.4. The highest BCUT2D eigenvalue weighted by molar-refractivity contribution is 5.00. The van der Waals surface area contributed by atoms with Gasteiger partial charge in [0.2, 0.25) is 0 Å². The van der Waals surface area contributed by atoms with Gasteiger partial charge >= 0.3 is 0 Å². The Morgan fingerprint density at radius 2 is 2.20 bits per heavy atom. The fourth-order valence-electron chi connectivity index (χ4n) is 1.43. The summed E-state index contributed by atoms with van der Waals surface area (Å²) >= 11 is 0. The van der Waals surface area contributed by atoms with Crippen LogP contribution in [-0.2, 0) is 27.2 Å². The zero-order valence-corrected chi connectivity index (χ0v) is 9.01. The van der Waals surface area contributed by atoms with Crippen molar-refractivity contribution in [2.45, 2.75) is 13.1 Å². The summed E-state index contributed by atoms with van der Waals surface area (Å²) in [6.07, 6.45) is 5.62. The minimum Gasteiger partial charge on any atom is -0.337 e. The second kappa shape index (κ2) is 4.27. The molecular weight excluding hydrogens is 190 g/mol. The van der Waals surface area contributed by atoms with Gasteiger partial charge in [-0.3, -0.25) is 4.68 Å². The molecule has 1 N–H and O–H groups in total. The zero-order valence-electron chi connectivity index (χ0n) is 9.01. The summed E-state index contributed by atoms with van der Waals surface area (Å²) in [5, 5.41) is 7.61. The summed E-state index contributed by atoms with van der Waals surface area (Å²) in [5.74, 6) is 0. The average molecular weight is 205 g/mol.